The zero-order valence-electron chi connectivity index (χ0n) is 7.88. The second-order valence-electron chi connectivity index (χ2n) is 2.89. The quantitative estimate of drug-likeness (QED) is 0.882. The van der Waals surface area contributed by atoms with Gasteiger partial charge >= 0.3 is 0 Å². The Morgan fingerprint density at radius 3 is 2.80 bits per heavy atom. The van der Waals surface area contributed by atoms with E-state index in [1.165, 1.54) is 9.75 Å². The van der Waals surface area contributed by atoms with Gasteiger partial charge in [-0.05, 0) is 45.0 Å². The van der Waals surface area contributed by atoms with Crippen molar-refractivity contribution in [2.45, 2.75) is 6.54 Å². The largest absolute Gasteiger partial charge is 0.315 e. The molecule has 0 amide bonds. The predicted octanol–water partition coefficient (Wildman–Crippen LogP) is 4.12. The molecule has 2 heterocycles. The first-order valence-electron chi connectivity index (χ1n) is 4.25. The molecule has 0 atom stereocenters. The lowest BCUT2D eigenvalue weighted by Crippen LogP contribution is -2.02. The molecule has 0 aliphatic carbocycles. The summed E-state index contributed by atoms with van der Waals surface area (Å²) in [5, 5.41) is 4.20. The van der Waals surface area contributed by atoms with Crippen molar-refractivity contribution < 1.29 is 0 Å². The number of thiophene rings is 1. The Morgan fingerprint density at radius 2 is 2.20 bits per heavy atom. The average Bonchev–Trinajstić information content (AvgIpc) is 2.76. The highest BCUT2D eigenvalue weighted by molar-refractivity contribution is 9.13. The Hall–Kier alpha value is 0.250. The SMILES string of the molecule is CNCc1cnc(-c2cc(Br)c(Br)s2)s1. The van der Waals surface area contributed by atoms with Crippen molar-refractivity contribution in [3.63, 3.8) is 0 Å². The van der Waals surface area contributed by atoms with Crippen LogP contribution in [0.25, 0.3) is 9.88 Å². The number of halogens is 2. The minimum absolute atomic E-state index is 0.880. The smallest absolute Gasteiger partial charge is 0.133 e. The lowest BCUT2D eigenvalue weighted by Gasteiger charge is -1.90. The van der Waals surface area contributed by atoms with Crippen molar-refractivity contribution in [2.75, 3.05) is 7.05 Å². The normalized spacial score (nSPS) is 10.9. The van der Waals surface area contributed by atoms with Crippen LogP contribution >= 0.6 is 54.5 Å². The van der Waals surface area contributed by atoms with Gasteiger partial charge < -0.3 is 5.32 Å². The fourth-order valence-electron chi connectivity index (χ4n) is 1.13. The van der Waals surface area contributed by atoms with Crippen molar-refractivity contribution in [1.82, 2.24) is 10.3 Å². The van der Waals surface area contributed by atoms with Crippen LogP contribution in [0.2, 0.25) is 0 Å². The highest BCUT2D eigenvalue weighted by atomic mass is 79.9. The van der Waals surface area contributed by atoms with Crippen LogP contribution in [0.1, 0.15) is 4.88 Å². The number of aromatic nitrogens is 1. The minimum atomic E-state index is 0.880. The van der Waals surface area contributed by atoms with Gasteiger partial charge in [0, 0.05) is 22.1 Å². The lowest BCUT2D eigenvalue weighted by atomic mass is 10.5. The Kier molecular flexibility index (Phi) is 3.95. The first-order valence-corrected chi connectivity index (χ1v) is 7.47. The van der Waals surface area contributed by atoms with Crippen LogP contribution in [0.5, 0.6) is 0 Å². The summed E-state index contributed by atoms with van der Waals surface area (Å²) < 4.78 is 2.20. The summed E-state index contributed by atoms with van der Waals surface area (Å²) in [5.41, 5.74) is 0. The number of hydrogen-bond acceptors (Lipinski definition) is 4. The van der Waals surface area contributed by atoms with Crippen LogP contribution in [0.15, 0.2) is 20.5 Å². The zero-order chi connectivity index (χ0) is 10.8. The Bertz CT molecular complexity index is 445. The van der Waals surface area contributed by atoms with Crippen LogP contribution in [-0.2, 0) is 6.54 Å². The molecule has 80 valence electrons. The molecule has 15 heavy (non-hydrogen) atoms. The molecule has 2 rings (SSSR count). The van der Waals surface area contributed by atoms with E-state index < -0.39 is 0 Å². The maximum atomic E-state index is 4.41. The molecular weight excluding hydrogens is 360 g/mol. The summed E-state index contributed by atoms with van der Waals surface area (Å²) >= 11 is 10.4. The summed E-state index contributed by atoms with van der Waals surface area (Å²) in [7, 11) is 1.94. The molecule has 2 aromatic rings. The third-order valence-corrected chi connectivity index (χ3v) is 6.18. The van der Waals surface area contributed by atoms with Crippen LogP contribution in [-0.4, -0.2) is 12.0 Å². The Balaban J connectivity index is 2.28. The summed E-state index contributed by atoms with van der Waals surface area (Å²) in [6, 6.07) is 2.09. The van der Waals surface area contributed by atoms with Crippen LogP contribution in [0.3, 0.4) is 0 Å². The van der Waals surface area contributed by atoms with E-state index in [1.54, 1.807) is 22.7 Å². The Labute approximate surface area is 113 Å². The number of hydrogen-bond donors (Lipinski definition) is 1. The minimum Gasteiger partial charge on any atom is -0.315 e. The van der Waals surface area contributed by atoms with Crippen LogP contribution in [0.4, 0.5) is 0 Å². The van der Waals surface area contributed by atoms with Crippen LogP contribution < -0.4 is 5.32 Å². The fourth-order valence-corrected chi connectivity index (χ4v) is 4.14. The van der Waals surface area contributed by atoms with Gasteiger partial charge in [0.1, 0.15) is 5.01 Å². The van der Waals surface area contributed by atoms with Crippen LogP contribution in [0, 0.1) is 0 Å². The van der Waals surface area contributed by atoms with Gasteiger partial charge in [-0.1, -0.05) is 0 Å². The highest BCUT2D eigenvalue weighted by Gasteiger charge is 2.09. The van der Waals surface area contributed by atoms with E-state index in [0.717, 1.165) is 19.8 Å². The highest BCUT2D eigenvalue weighted by Crippen LogP contribution is 2.39. The second-order valence-corrected chi connectivity index (χ2v) is 7.23. The summed E-state index contributed by atoms with van der Waals surface area (Å²) in [6.07, 6.45) is 1.93. The molecule has 0 unspecified atom stereocenters. The second kappa shape index (κ2) is 5.05. The van der Waals surface area contributed by atoms with Gasteiger partial charge in [-0.15, -0.1) is 22.7 Å². The average molecular weight is 368 g/mol. The number of nitrogens with one attached hydrogen (secondary N) is 1. The van der Waals surface area contributed by atoms with Gasteiger partial charge in [-0.3, -0.25) is 0 Å². The lowest BCUT2D eigenvalue weighted by molar-refractivity contribution is 0.829. The standard InChI is InChI=1S/C9H8Br2N2S2/c1-12-3-5-4-13-9(14-5)7-2-6(10)8(11)15-7/h2,4,12H,3H2,1H3. The van der Waals surface area contributed by atoms with Gasteiger partial charge in [0.2, 0.25) is 0 Å². The molecule has 0 spiro atoms. The molecule has 2 nitrogen and oxygen atoms in total. The van der Waals surface area contributed by atoms with Gasteiger partial charge in [0.15, 0.2) is 0 Å². The van der Waals surface area contributed by atoms with E-state index in [2.05, 4.69) is 48.2 Å². The van der Waals surface area contributed by atoms with Crippen molar-refractivity contribution in [3.05, 3.63) is 25.4 Å². The molecule has 2 aromatic heterocycles. The topological polar surface area (TPSA) is 24.9 Å². The summed E-state index contributed by atoms with van der Waals surface area (Å²) in [5.74, 6) is 0. The van der Waals surface area contributed by atoms with Crippen molar-refractivity contribution in [2.24, 2.45) is 0 Å². The molecule has 0 bridgehead atoms. The summed E-state index contributed by atoms with van der Waals surface area (Å²) in [4.78, 5) is 6.86. The van der Waals surface area contributed by atoms with E-state index in [0.29, 0.717) is 0 Å². The molecule has 0 radical (unpaired) electrons. The van der Waals surface area contributed by atoms with E-state index in [4.69, 9.17) is 0 Å². The number of rotatable bonds is 3. The third kappa shape index (κ3) is 2.68. The van der Waals surface area contributed by atoms with Crippen molar-refractivity contribution in [3.8, 4) is 9.88 Å². The third-order valence-electron chi connectivity index (χ3n) is 1.76. The van der Waals surface area contributed by atoms with Gasteiger partial charge in [-0.25, -0.2) is 4.98 Å². The maximum Gasteiger partial charge on any atom is 0.133 e. The predicted molar refractivity (Wildman–Crippen MR) is 73.6 cm³/mol. The first kappa shape index (κ1) is 11.7. The van der Waals surface area contributed by atoms with Gasteiger partial charge in [-0.2, -0.15) is 0 Å². The van der Waals surface area contributed by atoms with Crippen molar-refractivity contribution in [1.29, 1.82) is 0 Å². The monoisotopic (exact) mass is 366 g/mol. The van der Waals surface area contributed by atoms with Crippen molar-refractivity contribution >= 4 is 54.5 Å². The number of nitrogens with zero attached hydrogens (tertiary/aromatic N) is 1. The molecule has 0 aliphatic heterocycles. The zero-order valence-corrected chi connectivity index (χ0v) is 12.7. The molecular formula is C9H8Br2N2S2. The van der Waals surface area contributed by atoms with E-state index >= 15 is 0 Å². The molecule has 0 aromatic carbocycles. The molecule has 0 fully saturated rings. The van der Waals surface area contributed by atoms with E-state index in [9.17, 15) is 0 Å². The molecule has 6 heteroatoms. The fraction of sp³-hybridized carbons (Fsp3) is 0.222. The van der Waals surface area contributed by atoms with E-state index in [-0.39, 0.29) is 0 Å². The maximum absolute atomic E-state index is 4.41. The summed E-state index contributed by atoms with van der Waals surface area (Å²) in [6.45, 7) is 0.880. The molecule has 0 aliphatic rings. The Morgan fingerprint density at radius 1 is 1.40 bits per heavy atom. The molecule has 1 N–H and O–H groups in total. The van der Waals surface area contributed by atoms with E-state index in [1.807, 2.05) is 13.2 Å². The molecule has 0 saturated heterocycles. The number of thiazole rings is 1. The van der Waals surface area contributed by atoms with Gasteiger partial charge in [0.05, 0.1) is 8.66 Å². The van der Waals surface area contributed by atoms with Gasteiger partial charge in [0.25, 0.3) is 0 Å². The first-order chi connectivity index (χ1) is 7.20. The molecule has 0 saturated carbocycles.